The molecule has 0 spiro atoms. The predicted molar refractivity (Wildman–Crippen MR) is 126 cm³/mol. The van der Waals surface area contributed by atoms with Gasteiger partial charge in [0.1, 0.15) is 5.82 Å². The molecular weight excluding hydrogens is 441 g/mol. The number of para-hydroxylation sites is 1. The molecule has 0 aliphatic carbocycles. The topological polar surface area (TPSA) is 78.5 Å². The van der Waals surface area contributed by atoms with Gasteiger partial charge in [-0.2, -0.15) is 0 Å². The van der Waals surface area contributed by atoms with E-state index >= 15 is 0 Å². The molecule has 1 heterocycles. The minimum Gasteiger partial charge on any atom is -0.349 e. The number of rotatable bonds is 7. The van der Waals surface area contributed by atoms with Crippen LogP contribution in [0.25, 0.3) is 0 Å². The molecule has 3 aromatic carbocycles. The molecular formula is C25H26FN3O3S. The van der Waals surface area contributed by atoms with Crippen LogP contribution in [0, 0.1) is 5.82 Å². The van der Waals surface area contributed by atoms with Crippen molar-refractivity contribution in [2.24, 2.45) is 0 Å². The van der Waals surface area contributed by atoms with E-state index in [9.17, 15) is 17.6 Å². The van der Waals surface area contributed by atoms with Crippen LogP contribution in [0.3, 0.4) is 0 Å². The summed E-state index contributed by atoms with van der Waals surface area (Å²) in [6, 6.07) is 21.6. The molecule has 1 aliphatic rings. The Morgan fingerprint density at radius 3 is 2.36 bits per heavy atom. The average molecular weight is 468 g/mol. The second kappa shape index (κ2) is 10.1. The highest BCUT2D eigenvalue weighted by Crippen LogP contribution is 2.20. The van der Waals surface area contributed by atoms with Crippen LogP contribution in [0.4, 0.5) is 10.1 Å². The van der Waals surface area contributed by atoms with Gasteiger partial charge < -0.3 is 5.32 Å². The molecule has 0 atom stereocenters. The third-order valence-electron chi connectivity index (χ3n) is 5.70. The molecule has 3 aromatic rings. The first-order valence-electron chi connectivity index (χ1n) is 10.9. The van der Waals surface area contributed by atoms with Crippen molar-refractivity contribution < 1.29 is 17.6 Å². The lowest BCUT2D eigenvalue weighted by molar-refractivity contribution is 0.0908. The van der Waals surface area contributed by atoms with E-state index in [0.717, 1.165) is 32.5 Å². The number of carbonyl (C=O) groups is 1. The number of hydrogen-bond donors (Lipinski definition) is 2. The largest absolute Gasteiger partial charge is 0.349 e. The molecule has 1 saturated heterocycles. The summed E-state index contributed by atoms with van der Waals surface area (Å²) in [7, 11) is -4.04. The Morgan fingerprint density at radius 1 is 0.939 bits per heavy atom. The van der Waals surface area contributed by atoms with Crippen LogP contribution >= 0.6 is 0 Å². The van der Waals surface area contributed by atoms with Crippen LogP contribution < -0.4 is 10.0 Å². The van der Waals surface area contributed by atoms with Crippen molar-refractivity contribution in [2.45, 2.75) is 30.3 Å². The fourth-order valence-electron chi connectivity index (χ4n) is 3.90. The predicted octanol–water partition coefficient (Wildman–Crippen LogP) is 4.02. The van der Waals surface area contributed by atoms with Crippen molar-refractivity contribution in [2.75, 3.05) is 17.8 Å². The van der Waals surface area contributed by atoms with Gasteiger partial charge in [0, 0.05) is 31.2 Å². The summed E-state index contributed by atoms with van der Waals surface area (Å²) in [5, 5.41) is 3.02. The van der Waals surface area contributed by atoms with Gasteiger partial charge in [-0.25, -0.2) is 12.8 Å². The smallest absolute Gasteiger partial charge is 0.262 e. The number of halogens is 1. The van der Waals surface area contributed by atoms with Crippen molar-refractivity contribution in [3.63, 3.8) is 0 Å². The Morgan fingerprint density at radius 2 is 1.64 bits per heavy atom. The Bertz CT molecular complexity index is 1210. The summed E-state index contributed by atoms with van der Waals surface area (Å²) in [6.07, 6.45) is 1.65. The lowest BCUT2D eigenvalue weighted by atomic mass is 10.0. The molecule has 172 valence electrons. The highest BCUT2D eigenvalue weighted by Gasteiger charge is 2.22. The molecule has 33 heavy (non-hydrogen) atoms. The van der Waals surface area contributed by atoms with Crippen LogP contribution in [0.5, 0.6) is 0 Å². The van der Waals surface area contributed by atoms with Crippen molar-refractivity contribution in [1.82, 2.24) is 10.2 Å². The van der Waals surface area contributed by atoms with Crippen LogP contribution in [0.1, 0.15) is 28.8 Å². The number of nitrogens with one attached hydrogen (secondary N) is 2. The molecule has 1 aliphatic heterocycles. The van der Waals surface area contributed by atoms with E-state index in [0.29, 0.717) is 0 Å². The zero-order valence-electron chi connectivity index (χ0n) is 18.1. The molecule has 4 rings (SSSR count). The zero-order valence-corrected chi connectivity index (χ0v) is 18.9. The molecule has 8 heteroatoms. The number of nitrogens with zero attached hydrogens (tertiary/aromatic N) is 1. The molecule has 6 nitrogen and oxygen atoms in total. The van der Waals surface area contributed by atoms with E-state index in [1.807, 2.05) is 18.2 Å². The summed E-state index contributed by atoms with van der Waals surface area (Å²) >= 11 is 0. The Balaban J connectivity index is 1.36. The number of amides is 1. The third kappa shape index (κ3) is 5.97. The summed E-state index contributed by atoms with van der Waals surface area (Å²) < 4.78 is 41.5. The maximum absolute atomic E-state index is 13.9. The lowest BCUT2D eigenvalue weighted by Gasteiger charge is -2.32. The number of anilines is 1. The second-order valence-electron chi connectivity index (χ2n) is 8.12. The molecule has 2 N–H and O–H groups in total. The molecule has 0 unspecified atom stereocenters. The highest BCUT2D eigenvalue weighted by molar-refractivity contribution is 7.92. The Labute approximate surface area is 193 Å². The first-order valence-corrected chi connectivity index (χ1v) is 12.3. The molecule has 0 radical (unpaired) electrons. The van der Waals surface area contributed by atoms with Gasteiger partial charge in [0.2, 0.25) is 0 Å². The van der Waals surface area contributed by atoms with Crippen LogP contribution in [0.2, 0.25) is 0 Å². The van der Waals surface area contributed by atoms with Gasteiger partial charge in [0.05, 0.1) is 10.6 Å². The van der Waals surface area contributed by atoms with Gasteiger partial charge in [-0.05, 0) is 48.7 Å². The van der Waals surface area contributed by atoms with Crippen molar-refractivity contribution in [1.29, 1.82) is 0 Å². The Kier molecular flexibility index (Phi) is 7.05. The maximum atomic E-state index is 13.9. The monoisotopic (exact) mass is 467 g/mol. The van der Waals surface area contributed by atoms with Gasteiger partial charge in [-0.15, -0.1) is 0 Å². The normalized spacial score (nSPS) is 15.2. The number of sulfonamides is 1. The van der Waals surface area contributed by atoms with Crippen molar-refractivity contribution in [3.8, 4) is 0 Å². The van der Waals surface area contributed by atoms with E-state index in [2.05, 4.69) is 27.1 Å². The zero-order chi connectivity index (χ0) is 23.3. The van der Waals surface area contributed by atoms with Crippen molar-refractivity contribution in [3.05, 3.63) is 95.8 Å². The highest BCUT2D eigenvalue weighted by atomic mass is 32.2. The van der Waals surface area contributed by atoms with E-state index in [1.54, 1.807) is 6.07 Å². The SMILES string of the molecule is O=C(NC1CCN(Cc2ccccc2)CC1)c1cccc(S(=O)(=O)Nc2ccccc2F)c1. The fraction of sp³-hybridized carbons (Fsp3) is 0.240. The lowest BCUT2D eigenvalue weighted by Crippen LogP contribution is -2.44. The molecule has 0 saturated carbocycles. The summed E-state index contributed by atoms with van der Waals surface area (Å²) in [5.74, 6) is -0.993. The molecule has 0 bridgehead atoms. The van der Waals surface area contributed by atoms with E-state index in [4.69, 9.17) is 0 Å². The van der Waals surface area contributed by atoms with Gasteiger partial charge >= 0.3 is 0 Å². The van der Waals surface area contributed by atoms with Gasteiger partial charge in [-0.1, -0.05) is 48.5 Å². The number of hydrogen-bond acceptors (Lipinski definition) is 4. The standard InChI is InChI=1S/C25H26FN3O3S/c26-23-11-4-5-12-24(23)28-33(31,32)22-10-6-9-20(17-22)25(30)27-21-13-15-29(16-14-21)18-19-7-2-1-3-8-19/h1-12,17,21,28H,13-16,18H2,(H,27,30). The van der Waals surface area contributed by atoms with Gasteiger partial charge in [-0.3, -0.25) is 14.4 Å². The first-order chi connectivity index (χ1) is 15.9. The maximum Gasteiger partial charge on any atom is 0.262 e. The molecule has 0 aromatic heterocycles. The summed E-state index contributed by atoms with van der Waals surface area (Å²) in [4.78, 5) is 15.0. The van der Waals surface area contributed by atoms with E-state index in [1.165, 1.54) is 48.0 Å². The van der Waals surface area contributed by atoms with E-state index in [-0.39, 0.29) is 28.1 Å². The van der Waals surface area contributed by atoms with Crippen LogP contribution in [0.15, 0.2) is 83.8 Å². The molecule has 1 amide bonds. The summed E-state index contributed by atoms with van der Waals surface area (Å²) in [5.41, 5.74) is 1.37. The van der Waals surface area contributed by atoms with Crippen LogP contribution in [-0.4, -0.2) is 38.4 Å². The number of carbonyl (C=O) groups excluding carboxylic acids is 1. The van der Waals surface area contributed by atoms with Gasteiger partial charge in [0.25, 0.3) is 15.9 Å². The number of piperidine rings is 1. The van der Waals surface area contributed by atoms with E-state index < -0.39 is 15.8 Å². The van der Waals surface area contributed by atoms with Crippen molar-refractivity contribution >= 4 is 21.6 Å². The third-order valence-corrected chi connectivity index (χ3v) is 7.06. The minimum absolute atomic E-state index is 0.0290. The quantitative estimate of drug-likeness (QED) is 0.550. The minimum atomic E-state index is -4.04. The first kappa shape index (κ1) is 22.9. The van der Waals surface area contributed by atoms with Crippen LogP contribution in [-0.2, 0) is 16.6 Å². The second-order valence-corrected chi connectivity index (χ2v) is 9.81. The Hall–Kier alpha value is -3.23. The fourth-order valence-corrected chi connectivity index (χ4v) is 5.01. The average Bonchev–Trinajstić information content (AvgIpc) is 2.82. The van der Waals surface area contributed by atoms with Gasteiger partial charge in [0.15, 0.2) is 0 Å². The molecule has 1 fully saturated rings. The number of benzene rings is 3. The number of likely N-dealkylation sites (tertiary alicyclic amines) is 1. The summed E-state index contributed by atoms with van der Waals surface area (Å²) in [6.45, 7) is 2.64.